The van der Waals surface area contributed by atoms with E-state index in [1.165, 1.54) is 0 Å². The minimum Gasteiger partial charge on any atom is -1.00 e. The third-order valence-electron chi connectivity index (χ3n) is 0. The second kappa shape index (κ2) is 20.6. The Kier molecular flexibility index (Phi) is 69.2. The van der Waals surface area contributed by atoms with Crippen molar-refractivity contribution in [3.63, 3.8) is 0 Å². The molecule has 0 amide bonds. The molecule has 0 spiro atoms. The minimum absolute atomic E-state index is 0. The van der Waals surface area contributed by atoms with Gasteiger partial charge in [0.2, 0.25) is 0 Å². The summed E-state index contributed by atoms with van der Waals surface area (Å²) >= 11 is 0. The van der Waals surface area contributed by atoms with Crippen LogP contribution in [-0.2, 0) is 15.4 Å². The quantitative estimate of drug-likeness (QED) is 0.320. The smallest absolute Gasteiger partial charge is 1.00 e. The molecular weight excluding hydrogens is 148 g/mol. The van der Waals surface area contributed by atoms with Crippen molar-refractivity contribution in [2.24, 2.45) is 0 Å². The van der Waals surface area contributed by atoms with Gasteiger partial charge in [0.15, 0.2) is 0 Å². The molecule has 0 atom stereocenters. The van der Waals surface area contributed by atoms with Gasteiger partial charge in [0.05, 0.1) is 0 Å². The maximum absolute atomic E-state index is 8.12. The van der Waals surface area contributed by atoms with Crippen LogP contribution in [0.4, 0.5) is 0 Å². The first-order valence-corrected chi connectivity index (χ1v) is 0.408. The number of hydrogen-bond donors (Lipinski definition) is 0. The van der Waals surface area contributed by atoms with Crippen LogP contribution in [0.15, 0.2) is 0 Å². The van der Waals surface area contributed by atoms with E-state index in [9.17, 15) is 0 Å². The van der Waals surface area contributed by atoms with Crippen molar-refractivity contribution >= 4 is 52.0 Å². The Hall–Kier alpha value is 0.911. The van der Waals surface area contributed by atoms with E-state index in [0.29, 0.717) is 0 Å². The largest absolute Gasteiger partial charge is 2.00 e. The standard InChI is InChI=1S/CO2.O.Sr/c2-1-3;;/q2*-1;+2. The van der Waals surface area contributed by atoms with E-state index in [0.717, 1.165) is 0 Å². The first-order valence-electron chi connectivity index (χ1n) is 0.408. The van der Waals surface area contributed by atoms with Crippen molar-refractivity contribution in [1.29, 1.82) is 0 Å². The van der Waals surface area contributed by atoms with Gasteiger partial charge in [0, 0.05) is 0 Å². The molecular formula is CO3Sr. The van der Waals surface area contributed by atoms with Gasteiger partial charge in [-0.3, -0.25) is 0 Å². The van der Waals surface area contributed by atoms with Gasteiger partial charge < -0.3 is 15.4 Å². The van der Waals surface area contributed by atoms with Gasteiger partial charge in [-0.2, -0.15) is 0 Å². The summed E-state index contributed by atoms with van der Waals surface area (Å²) in [6.45, 7) is 0.250. The Morgan fingerprint density at radius 3 is 1.40 bits per heavy atom. The average Bonchev–Trinajstić information content (AvgIpc) is 0.918. The van der Waals surface area contributed by atoms with Gasteiger partial charge in [-0.25, -0.2) is 0 Å². The van der Waals surface area contributed by atoms with Crippen LogP contribution in [-0.4, -0.2) is 52.0 Å². The average molecular weight is 148 g/mol. The predicted molar refractivity (Wildman–Crippen MR) is 12.8 cm³/mol. The van der Waals surface area contributed by atoms with Gasteiger partial charge in [0.1, 0.15) is 0 Å². The molecule has 0 saturated heterocycles. The van der Waals surface area contributed by atoms with E-state index in [1.54, 1.807) is 0 Å². The molecule has 5 heavy (non-hydrogen) atoms. The van der Waals surface area contributed by atoms with Crippen molar-refractivity contribution in [2.75, 3.05) is 0 Å². The van der Waals surface area contributed by atoms with Crippen LogP contribution in [0.25, 0.3) is 0 Å². The molecule has 0 aliphatic rings. The van der Waals surface area contributed by atoms with Crippen LogP contribution >= 0.6 is 0 Å². The van der Waals surface area contributed by atoms with Gasteiger partial charge in [-0.1, -0.05) is 0 Å². The first kappa shape index (κ1) is 16.8. The van der Waals surface area contributed by atoms with Gasteiger partial charge in [-0.15, -0.1) is 0 Å². The van der Waals surface area contributed by atoms with E-state index < -0.39 is 0 Å². The normalized spacial score (nSPS) is 2.40. The summed E-state index contributed by atoms with van der Waals surface area (Å²) in [6.07, 6.45) is 0. The molecule has 0 aromatic rings. The summed E-state index contributed by atoms with van der Waals surface area (Å²) in [7, 11) is 0. The van der Waals surface area contributed by atoms with E-state index in [1.807, 2.05) is 0 Å². The molecule has 0 bridgehead atoms. The molecule has 0 aromatic carbocycles. The molecule has 0 rings (SSSR count). The fourth-order valence-electron chi connectivity index (χ4n) is 0. The fourth-order valence-corrected chi connectivity index (χ4v) is 0. The van der Waals surface area contributed by atoms with Crippen LogP contribution in [0.2, 0.25) is 0 Å². The summed E-state index contributed by atoms with van der Waals surface area (Å²) in [5, 5.41) is 8.12. The predicted octanol–water partition coefficient (Wildman–Crippen LogP) is -1.02. The van der Waals surface area contributed by atoms with Crippen LogP contribution in [0.5, 0.6) is 0 Å². The summed E-state index contributed by atoms with van der Waals surface area (Å²) in [5.74, 6) is 0. The van der Waals surface area contributed by atoms with Crippen LogP contribution in [0.3, 0.4) is 0 Å². The minimum atomic E-state index is 0. The SMILES string of the molecule is [O-].[O][C-]=O.[Sr+2]. The Bertz CT molecular complexity index is 14.4. The Morgan fingerprint density at radius 1 is 1.40 bits per heavy atom. The molecule has 0 unspecified atom stereocenters. The zero-order valence-corrected chi connectivity index (χ0v) is 5.91. The molecule has 0 aromatic heterocycles. The van der Waals surface area contributed by atoms with Crippen molar-refractivity contribution < 1.29 is 15.4 Å². The van der Waals surface area contributed by atoms with Crippen molar-refractivity contribution in [3.05, 3.63) is 0 Å². The van der Waals surface area contributed by atoms with E-state index in [4.69, 9.17) is 9.90 Å². The number of hydrogen-bond acceptors (Lipinski definition) is 2. The molecule has 0 fully saturated rings. The third-order valence-corrected chi connectivity index (χ3v) is 0. The molecule has 4 heteroatoms. The Morgan fingerprint density at radius 2 is 1.40 bits per heavy atom. The van der Waals surface area contributed by atoms with Crippen molar-refractivity contribution in [3.8, 4) is 0 Å². The van der Waals surface area contributed by atoms with Crippen molar-refractivity contribution in [2.45, 2.75) is 0 Å². The van der Waals surface area contributed by atoms with Crippen LogP contribution < -0.4 is 0 Å². The number of rotatable bonds is 0. The zero-order valence-electron chi connectivity index (χ0n) is 2.43. The second-order valence-electron chi connectivity index (χ2n) is 0.0833. The molecule has 0 aliphatic carbocycles. The van der Waals surface area contributed by atoms with E-state index >= 15 is 0 Å². The molecule has 2 radical (unpaired) electrons. The summed E-state index contributed by atoms with van der Waals surface area (Å²) in [5.41, 5.74) is 0. The van der Waals surface area contributed by atoms with Crippen LogP contribution in [0, 0.1) is 0 Å². The molecule has 0 heterocycles. The summed E-state index contributed by atoms with van der Waals surface area (Å²) in [6, 6.07) is 0. The van der Waals surface area contributed by atoms with E-state index in [2.05, 4.69) is 0 Å². The third kappa shape index (κ3) is 50.2. The fraction of sp³-hybridized carbons (Fsp3) is 0. The second-order valence-corrected chi connectivity index (χ2v) is 0.0833. The van der Waals surface area contributed by atoms with Crippen molar-refractivity contribution in [1.82, 2.24) is 0 Å². The summed E-state index contributed by atoms with van der Waals surface area (Å²) in [4.78, 5) is 8.12. The van der Waals surface area contributed by atoms with Gasteiger partial charge in [-0.05, 0) is 6.47 Å². The molecule has 0 N–H and O–H groups in total. The van der Waals surface area contributed by atoms with E-state index in [-0.39, 0.29) is 57.4 Å². The summed E-state index contributed by atoms with van der Waals surface area (Å²) < 4.78 is 0. The monoisotopic (exact) mass is 148 g/mol. The molecule has 0 saturated carbocycles. The molecule has 0 aliphatic heterocycles. The Labute approximate surface area is 66.6 Å². The topological polar surface area (TPSA) is 65.5 Å². The molecule has 3 nitrogen and oxygen atoms in total. The van der Waals surface area contributed by atoms with Gasteiger partial charge in [0.25, 0.3) is 0 Å². The van der Waals surface area contributed by atoms with Crippen LogP contribution in [0.1, 0.15) is 0 Å². The maximum Gasteiger partial charge on any atom is 2.00 e. The zero-order chi connectivity index (χ0) is 2.71. The Balaban J connectivity index is -0.0000000200. The maximum atomic E-state index is 8.12. The van der Waals surface area contributed by atoms with Gasteiger partial charge >= 0.3 is 45.5 Å². The number of carbonyl (C=O) groups excluding carboxylic acids is 1. The molecule has 24 valence electrons. The first-order chi connectivity index (χ1) is 1.41.